The molecule has 0 saturated heterocycles. The number of fused-ring (bicyclic) bond motifs is 7. The van der Waals surface area contributed by atoms with Gasteiger partial charge in [0.25, 0.3) is 0 Å². The second-order valence-corrected chi connectivity index (χ2v) is 39.6. The molecular formula is C143H106S3. The Morgan fingerprint density at radius 2 is 0.288 bits per heavy atom. The number of hydrogen-bond acceptors (Lipinski definition) is 3. The standard InChI is InChI=1S/C50H34S.C46H30S.C44H30S.3CH4/c1-3-13-35(14-4-1)25-26-36-15-11-18-40(33-36)37-27-29-39(30-28-37)49-43-21-7-9-23-45(43)50(46-24-10-8-22-44(46)49)42-20-12-19-41(34-42)48-32-31-47(51-48)38-16-5-2-6-17-38;1-3-12-31(13-4-1)33-22-23-35-29-38(25-24-34(35)28-33)46-41-20-9-7-18-39(41)45(40-19-8-10-21-42(40)46)37-17-11-16-36(30-37)44-27-26-43(47-44)32-14-5-2-6-15-32;1-3-13-31(14-4-1)25-26-32-15-11-19-35(29-32)43-37-21-7-9-23-39(37)44(40-24-10-8-22-38(40)43)36-20-12-18-34(30-36)42-28-27-41(45-42)33-16-5-2-6-17-33;;;/h1-34H;1-30H;1-30H;3*1H4/b26-25+;;26-25+;;;. The lowest BCUT2D eigenvalue weighted by Gasteiger charge is -2.18. The van der Waals surface area contributed by atoms with Gasteiger partial charge < -0.3 is 0 Å². The van der Waals surface area contributed by atoms with Crippen molar-refractivity contribution < 1.29 is 0 Å². The van der Waals surface area contributed by atoms with Gasteiger partial charge in [0.1, 0.15) is 0 Å². The zero-order chi connectivity index (χ0) is 95.1. The quantitative estimate of drug-likeness (QED) is 0.0593. The minimum Gasteiger partial charge on any atom is -0.135 e. The zero-order valence-corrected chi connectivity index (χ0v) is 80.9. The molecule has 23 aromatic carbocycles. The van der Waals surface area contributed by atoms with Gasteiger partial charge in [0, 0.05) is 29.3 Å². The Kier molecular flexibility index (Phi) is 28.0. The Morgan fingerprint density at radius 1 is 0.110 bits per heavy atom. The molecule has 0 radical (unpaired) electrons. The molecule has 0 saturated carbocycles. The van der Waals surface area contributed by atoms with Gasteiger partial charge in [0.15, 0.2) is 0 Å². The predicted octanol–water partition coefficient (Wildman–Crippen LogP) is 42.9. The molecule has 0 nitrogen and oxygen atoms in total. The van der Waals surface area contributed by atoms with Gasteiger partial charge in [-0.2, -0.15) is 0 Å². The minimum absolute atomic E-state index is 0. The van der Waals surface area contributed by atoms with Crippen molar-refractivity contribution in [3.63, 3.8) is 0 Å². The molecule has 0 aliphatic carbocycles. The maximum Gasteiger partial charge on any atom is 0.0349 e. The molecule has 696 valence electrons. The first-order chi connectivity index (χ1) is 70.9. The SMILES string of the molecule is C.C.C.C(=C\c1cccc(-c2c3ccccc3c(-c3cccc(-c4ccc(-c5ccccc5)s4)c3)c3ccccc23)c1)/c1ccccc1.C(=C\c1cccc(-c2ccc(-c3c4ccccc4c(-c4cccc(-c5ccc(-c6ccccc6)s5)c4)c4ccccc34)cc2)c1)/c1ccccc1.c1ccc(-c2ccc3cc(-c4c5ccccc5c(-c5cccc(-c6ccc(-c7ccccc7)s6)c5)c5ccccc45)ccc3c2)cc1. The molecule has 0 aliphatic heterocycles. The van der Waals surface area contributed by atoms with Gasteiger partial charge >= 0.3 is 0 Å². The first kappa shape index (κ1) is 94.7. The highest BCUT2D eigenvalue weighted by atomic mass is 32.1. The number of hydrogen-bond donors (Lipinski definition) is 0. The first-order valence-electron chi connectivity index (χ1n) is 48.9. The zero-order valence-electron chi connectivity index (χ0n) is 78.5. The lowest BCUT2D eigenvalue weighted by molar-refractivity contribution is 1.59. The smallest absolute Gasteiger partial charge is 0.0349 e. The van der Waals surface area contributed by atoms with Gasteiger partial charge in [-0.15, -0.1) is 34.0 Å². The highest BCUT2D eigenvalue weighted by Gasteiger charge is 2.24. The van der Waals surface area contributed by atoms with Gasteiger partial charge in [0.2, 0.25) is 0 Å². The third-order valence-corrected chi connectivity index (χ3v) is 31.0. The third kappa shape index (κ3) is 19.5. The van der Waals surface area contributed by atoms with Crippen LogP contribution in [0.5, 0.6) is 0 Å². The van der Waals surface area contributed by atoms with Crippen molar-refractivity contribution >= 4 is 134 Å². The molecule has 0 atom stereocenters. The minimum atomic E-state index is 0. The maximum atomic E-state index is 2.37. The largest absolute Gasteiger partial charge is 0.135 e. The summed E-state index contributed by atoms with van der Waals surface area (Å²) in [6, 6.07) is 198. The van der Waals surface area contributed by atoms with Crippen molar-refractivity contribution in [2.75, 3.05) is 0 Å². The van der Waals surface area contributed by atoms with Crippen molar-refractivity contribution in [2.45, 2.75) is 22.3 Å². The fourth-order valence-corrected chi connectivity index (χ4v) is 23.7. The van der Waals surface area contributed by atoms with Gasteiger partial charge in [-0.25, -0.2) is 0 Å². The van der Waals surface area contributed by atoms with Crippen LogP contribution >= 0.6 is 34.0 Å². The first-order valence-corrected chi connectivity index (χ1v) is 51.3. The van der Waals surface area contributed by atoms with Crippen molar-refractivity contribution in [3.05, 3.63) is 568 Å². The van der Waals surface area contributed by atoms with Crippen molar-refractivity contribution in [3.8, 4) is 152 Å². The number of rotatable bonds is 18. The second kappa shape index (κ2) is 43.1. The molecule has 0 unspecified atom stereocenters. The Balaban J connectivity index is 0.000000128. The molecule has 0 amide bonds. The summed E-state index contributed by atoms with van der Waals surface area (Å²) in [5.74, 6) is 0. The van der Waals surface area contributed by atoms with Gasteiger partial charge in [0.05, 0.1) is 0 Å². The van der Waals surface area contributed by atoms with Crippen LogP contribution in [0.2, 0.25) is 0 Å². The van der Waals surface area contributed by atoms with Crippen LogP contribution in [0, 0.1) is 0 Å². The van der Waals surface area contributed by atoms with Gasteiger partial charge in [-0.1, -0.05) is 514 Å². The van der Waals surface area contributed by atoms with Crippen molar-refractivity contribution in [1.82, 2.24) is 0 Å². The molecular weight excluding hydrogens is 1810 g/mol. The van der Waals surface area contributed by atoms with Crippen LogP contribution < -0.4 is 0 Å². The van der Waals surface area contributed by atoms with Crippen LogP contribution in [0.1, 0.15) is 44.5 Å². The molecule has 0 fully saturated rings. The fourth-order valence-electron chi connectivity index (χ4n) is 20.7. The van der Waals surface area contributed by atoms with E-state index >= 15 is 0 Å². The van der Waals surface area contributed by atoms with E-state index in [0.717, 1.165) is 0 Å². The Labute approximate surface area is 868 Å². The maximum absolute atomic E-state index is 2.37. The van der Waals surface area contributed by atoms with E-state index in [-0.39, 0.29) is 22.3 Å². The molecule has 146 heavy (non-hydrogen) atoms. The lowest BCUT2D eigenvalue weighted by atomic mass is 9.85. The second-order valence-electron chi connectivity index (χ2n) is 36.3. The molecule has 3 heteroatoms. The highest BCUT2D eigenvalue weighted by molar-refractivity contribution is 7.19. The van der Waals surface area contributed by atoms with Crippen LogP contribution in [-0.2, 0) is 0 Å². The molecule has 26 rings (SSSR count). The summed E-state index contributed by atoms with van der Waals surface area (Å²) < 4.78 is 0. The molecule has 3 aromatic heterocycles. The fraction of sp³-hybridized carbons (Fsp3) is 0.0210. The van der Waals surface area contributed by atoms with E-state index < -0.39 is 0 Å². The summed E-state index contributed by atoms with van der Waals surface area (Å²) >= 11 is 5.55. The molecule has 0 aliphatic rings. The topological polar surface area (TPSA) is 0 Å². The van der Waals surface area contributed by atoms with Crippen LogP contribution in [0.15, 0.2) is 546 Å². The van der Waals surface area contributed by atoms with E-state index in [9.17, 15) is 0 Å². The van der Waals surface area contributed by atoms with Crippen LogP contribution in [-0.4, -0.2) is 0 Å². The Bertz CT molecular complexity index is 9050. The van der Waals surface area contributed by atoms with Crippen LogP contribution in [0.3, 0.4) is 0 Å². The van der Waals surface area contributed by atoms with Crippen LogP contribution in [0.25, 0.3) is 251 Å². The average molecular weight is 1920 g/mol. The number of benzene rings is 23. The van der Waals surface area contributed by atoms with Gasteiger partial charge in [-0.05, 0) is 299 Å². The Hall–Kier alpha value is -17.5. The van der Waals surface area contributed by atoms with E-state index in [1.165, 1.54) is 249 Å². The van der Waals surface area contributed by atoms with Crippen LogP contribution in [0.4, 0.5) is 0 Å². The third-order valence-electron chi connectivity index (χ3n) is 27.4. The molecule has 0 N–H and O–H groups in total. The summed E-state index contributed by atoms with van der Waals surface area (Å²) in [7, 11) is 0. The number of thiophene rings is 3. The summed E-state index contributed by atoms with van der Waals surface area (Å²) in [4.78, 5) is 7.70. The monoisotopic (exact) mass is 1920 g/mol. The summed E-state index contributed by atoms with van der Waals surface area (Å²) in [5.41, 5.74) is 32.3. The summed E-state index contributed by atoms with van der Waals surface area (Å²) in [6.07, 6.45) is 8.74. The van der Waals surface area contributed by atoms with E-state index in [1.54, 1.807) is 0 Å². The Morgan fingerprint density at radius 3 is 0.603 bits per heavy atom. The normalized spacial score (nSPS) is 11.2. The molecule has 0 spiro atoms. The average Bonchev–Trinajstić information content (AvgIpc) is 0.939. The summed E-state index contributed by atoms with van der Waals surface area (Å²) in [5, 5.41) is 17.7. The van der Waals surface area contributed by atoms with E-state index in [4.69, 9.17) is 0 Å². The molecule has 26 aromatic rings. The van der Waals surface area contributed by atoms with Crippen molar-refractivity contribution in [1.29, 1.82) is 0 Å². The van der Waals surface area contributed by atoms with E-state index in [2.05, 4.69) is 564 Å². The molecule has 0 bridgehead atoms. The van der Waals surface area contributed by atoms with Crippen molar-refractivity contribution in [2.24, 2.45) is 0 Å². The van der Waals surface area contributed by atoms with E-state index in [1.807, 2.05) is 40.1 Å². The highest BCUT2D eigenvalue weighted by Crippen LogP contribution is 2.51. The predicted molar refractivity (Wildman–Crippen MR) is 643 cm³/mol. The van der Waals surface area contributed by atoms with Gasteiger partial charge in [-0.3, -0.25) is 0 Å². The lowest BCUT2D eigenvalue weighted by Crippen LogP contribution is -1.91. The summed E-state index contributed by atoms with van der Waals surface area (Å²) in [6.45, 7) is 0. The molecule has 3 heterocycles. The van der Waals surface area contributed by atoms with E-state index in [0.29, 0.717) is 0 Å².